The molecule has 2 aromatic heterocycles. The predicted octanol–water partition coefficient (Wildman–Crippen LogP) is 3.76. The summed E-state index contributed by atoms with van der Waals surface area (Å²) in [5.74, 6) is -3.26. The lowest BCUT2D eigenvalue weighted by Gasteiger charge is -2.31. The number of benzene rings is 1. The van der Waals surface area contributed by atoms with Crippen LogP contribution >= 0.6 is 11.6 Å². The van der Waals surface area contributed by atoms with Gasteiger partial charge in [0.25, 0.3) is 11.8 Å². The highest BCUT2D eigenvalue weighted by Crippen LogP contribution is 2.28. The number of hydrogen-bond acceptors (Lipinski definition) is 7. The number of imidazole rings is 1. The maximum Gasteiger partial charge on any atom is 0.308 e. The first-order valence-electron chi connectivity index (χ1n) is 12.0. The van der Waals surface area contributed by atoms with Gasteiger partial charge in [0.15, 0.2) is 17.5 Å². The molecule has 0 bridgehead atoms. The van der Waals surface area contributed by atoms with E-state index < -0.39 is 17.7 Å². The molecule has 0 radical (unpaired) electrons. The summed E-state index contributed by atoms with van der Waals surface area (Å²) in [5.41, 5.74) is 0.583. The molecule has 0 aliphatic carbocycles. The van der Waals surface area contributed by atoms with Crippen molar-refractivity contribution in [1.29, 1.82) is 0 Å². The van der Waals surface area contributed by atoms with Crippen molar-refractivity contribution >= 4 is 40.9 Å². The van der Waals surface area contributed by atoms with Crippen LogP contribution in [0.25, 0.3) is 11.3 Å². The molecule has 2 amide bonds. The minimum absolute atomic E-state index is 0.0637. The molecule has 1 aromatic carbocycles. The molecule has 1 fully saturated rings. The van der Waals surface area contributed by atoms with E-state index in [1.165, 1.54) is 48.0 Å². The molecule has 0 atom stereocenters. The summed E-state index contributed by atoms with van der Waals surface area (Å²) in [6.45, 7) is 0.791. The molecule has 10 nitrogen and oxygen atoms in total. The van der Waals surface area contributed by atoms with E-state index in [0.717, 1.165) is 6.07 Å². The molecular weight excluding hydrogens is 534 g/mol. The lowest BCUT2D eigenvalue weighted by Crippen LogP contribution is -2.40. The fraction of sp³-hybridized carbons (Fsp3) is 0.346. The third kappa shape index (κ3) is 5.70. The molecule has 39 heavy (non-hydrogen) atoms. The SMILES string of the molecule is COC(=O)C1CCN(C(=O)c2ccc(NC(=O)c3ncc(-c4cc(F)c(N(C)C)nc4F)n3C)cc2Cl)CC1. The summed E-state index contributed by atoms with van der Waals surface area (Å²) in [5, 5.41) is 2.79. The van der Waals surface area contributed by atoms with Gasteiger partial charge in [-0.2, -0.15) is 9.37 Å². The number of aromatic nitrogens is 3. The summed E-state index contributed by atoms with van der Waals surface area (Å²) in [7, 11) is 5.92. The molecular formula is C26H27ClF2N6O4. The Hall–Kier alpha value is -4.06. The normalized spacial score (nSPS) is 13.8. The third-order valence-corrected chi connectivity index (χ3v) is 6.89. The molecule has 1 saturated heterocycles. The first-order chi connectivity index (χ1) is 18.5. The topological polar surface area (TPSA) is 110 Å². The number of carbonyl (C=O) groups is 3. The Morgan fingerprint density at radius 1 is 1.15 bits per heavy atom. The van der Waals surface area contributed by atoms with Gasteiger partial charge in [0.1, 0.15) is 0 Å². The summed E-state index contributed by atoms with van der Waals surface area (Å²) < 4.78 is 35.2. The fourth-order valence-electron chi connectivity index (χ4n) is 4.43. The van der Waals surface area contributed by atoms with E-state index in [1.54, 1.807) is 19.0 Å². The number of nitrogens with one attached hydrogen (secondary N) is 1. The molecule has 3 heterocycles. The largest absolute Gasteiger partial charge is 0.469 e. The van der Waals surface area contributed by atoms with Crippen molar-refractivity contribution < 1.29 is 27.9 Å². The Morgan fingerprint density at radius 3 is 2.46 bits per heavy atom. The van der Waals surface area contributed by atoms with Gasteiger partial charge in [-0.3, -0.25) is 14.4 Å². The number of nitrogens with zero attached hydrogens (tertiary/aromatic N) is 5. The minimum atomic E-state index is -0.906. The van der Waals surface area contributed by atoms with Crippen LogP contribution in [0.3, 0.4) is 0 Å². The van der Waals surface area contributed by atoms with Crippen molar-refractivity contribution in [3.63, 3.8) is 0 Å². The lowest BCUT2D eigenvalue weighted by atomic mass is 9.96. The zero-order chi connectivity index (χ0) is 28.4. The number of hydrogen-bond donors (Lipinski definition) is 1. The van der Waals surface area contributed by atoms with Crippen molar-refractivity contribution in [2.24, 2.45) is 13.0 Å². The highest BCUT2D eigenvalue weighted by Gasteiger charge is 2.29. The number of rotatable bonds is 6. The number of carbonyl (C=O) groups excluding carboxylic acids is 3. The second kappa shape index (κ2) is 11.4. The molecule has 1 N–H and O–H groups in total. The summed E-state index contributed by atoms with van der Waals surface area (Å²) >= 11 is 6.38. The Labute approximate surface area is 228 Å². The maximum absolute atomic E-state index is 14.7. The number of pyridine rings is 1. The highest BCUT2D eigenvalue weighted by atomic mass is 35.5. The number of amides is 2. The maximum atomic E-state index is 14.7. The fourth-order valence-corrected chi connectivity index (χ4v) is 4.69. The van der Waals surface area contributed by atoms with Crippen LogP contribution in [0.5, 0.6) is 0 Å². The van der Waals surface area contributed by atoms with E-state index in [2.05, 4.69) is 15.3 Å². The van der Waals surface area contributed by atoms with Crippen LogP contribution in [0.4, 0.5) is 20.3 Å². The Balaban J connectivity index is 1.47. The molecule has 1 aliphatic rings. The first-order valence-corrected chi connectivity index (χ1v) is 12.4. The quantitative estimate of drug-likeness (QED) is 0.361. The van der Waals surface area contributed by atoms with Gasteiger partial charge in [0.05, 0.1) is 41.1 Å². The number of likely N-dealkylation sites (tertiary alicyclic amines) is 1. The summed E-state index contributed by atoms with van der Waals surface area (Å²) in [6.07, 6.45) is 2.26. The molecule has 3 aromatic rings. The smallest absolute Gasteiger partial charge is 0.308 e. The molecule has 4 rings (SSSR count). The van der Waals surface area contributed by atoms with Crippen molar-refractivity contribution in [3.8, 4) is 11.3 Å². The van der Waals surface area contributed by atoms with Crippen LogP contribution in [0.15, 0.2) is 30.5 Å². The van der Waals surface area contributed by atoms with Gasteiger partial charge < -0.3 is 24.4 Å². The van der Waals surface area contributed by atoms with Gasteiger partial charge in [-0.15, -0.1) is 0 Å². The van der Waals surface area contributed by atoms with Crippen LogP contribution in [0.2, 0.25) is 5.02 Å². The van der Waals surface area contributed by atoms with Crippen molar-refractivity contribution in [3.05, 3.63) is 58.6 Å². The van der Waals surface area contributed by atoms with Crippen molar-refractivity contribution in [2.45, 2.75) is 12.8 Å². The number of ether oxygens (including phenoxy) is 1. The number of halogens is 3. The highest BCUT2D eigenvalue weighted by molar-refractivity contribution is 6.34. The van der Waals surface area contributed by atoms with Crippen LogP contribution < -0.4 is 10.2 Å². The molecule has 0 spiro atoms. The van der Waals surface area contributed by atoms with Gasteiger partial charge in [-0.05, 0) is 37.1 Å². The lowest BCUT2D eigenvalue weighted by molar-refractivity contribution is -0.146. The average molecular weight is 561 g/mol. The number of methoxy groups -OCH3 is 1. The third-order valence-electron chi connectivity index (χ3n) is 6.58. The number of anilines is 2. The zero-order valence-electron chi connectivity index (χ0n) is 21.8. The average Bonchev–Trinajstić information content (AvgIpc) is 3.30. The molecule has 13 heteroatoms. The van der Waals surface area contributed by atoms with E-state index >= 15 is 0 Å². The van der Waals surface area contributed by atoms with Crippen molar-refractivity contribution in [2.75, 3.05) is 44.5 Å². The molecule has 0 saturated carbocycles. The first kappa shape index (κ1) is 28.0. The second-order valence-electron chi connectivity index (χ2n) is 9.29. The standard InChI is InChI=1S/C26H27ClF2N6O4/c1-33(2)22-19(28)12-17(21(29)32-22)20-13-30-23(34(20)3)24(36)31-15-5-6-16(18(27)11-15)25(37)35-9-7-14(8-10-35)26(38)39-4/h5-6,11-14H,7-10H2,1-4H3,(H,31,36). The number of piperidine rings is 1. The van der Waals surface area contributed by atoms with E-state index in [9.17, 15) is 23.2 Å². The summed E-state index contributed by atoms with van der Waals surface area (Å²) in [4.78, 5) is 48.3. The monoisotopic (exact) mass is 560 g/mol. The van der Waals surface area contributed by atoms with Crippen LogP contribution in [-0.2, 0) is 16.6 Å². The summed E-state index contributed by atoms with van der Waals surface area (Å²) in [6, 6.07) is 5.48. The minimum Gasteiger partial charge on any atom is -0.469 e. The van der Waals surface area contributed by atoms with Crippen molar-refractivity contribution in [1.82, 2.24) is 19.4 Å². The van der Waals surface area contributed by atoms with E-state index in [0.29, 0.717) is 31.6 Å². The Bertz CT molecular complexity index is 1440. The van der Waals surface area contributed by atoms with E-state index in [1.807, 2.05) is 0 Å². The van der Waals surface area contributed by atoms with E-state index in [4.69, 9.17) is 16.3 Å². The van der Waals surface area contributed by atoms with Crippen LogP contribution in [0, 0.1) is 17.7 Å². The zero-order valence-corrected chi connectivity index (χ0v) is 22.6. The Kier molecular flexibility index (Phi) is 8.14. The van der Waals surface area contributed by atoms with Gasteiger partial charge in [0.2, 0.25) is 5.95 Å². The van der Waals surface area contributed by atoms with Crippen LogP contribution in [-0.4, -0.2) is 71.5 Å². The molecule has 1 aliphatic heterocycles. The Morgan fingerprint density at radius 2 is 1.85 bits per heavy atom. The van der Waals surface area contributed by atoms with Gasteiger partial charge in [-0.25, -0.2) is 9.37 Å². The molecule has 0 unspecified atom stereocenters. The van der Waals surface area contributed by atoms with E-state index in [-0.39, 0.29) is 51.3 Å². The van der Waals surface area contributed by atoms with Gasteiger partial charge >= 0.3 is 5.97 Å². The second-order valence-corrected chi connectivity index (χ2v) is 9.70. The van der Waals surface area contributed by atoms with Gasteiger partial charge in [-0.1, -0.05) is 11.6 Å². The predicted molar refractivity (Wildman–Crippen MR) is 141 cm³/mol. The van der Waals surface area contributed by atoms with Crippen LogP contribution in [0.1, 0.15) is 33.8 Å². The number of esters is 1. The van der Waals surface area contributed by atoms with Gasteiger partial charge in [0, 0.05) is 39.9 Å². The molecule has 206 valence electrons.